The maximum absolute atomic E-state index is 6.12. The topological polar surface area (TPSA) is 38.0 Å². The van der Waals surface area contributed by atoms with Gasteiger partial charge in [-0.25, -0.2) is 0 Å². The summed E-state index contributed by atoms with van der Waals surface area (Å²) in [5.41, 5.74) is 8.15. The fourth-order valence-corrected chi connectivity index (χ4v) is 1.68. The molecule has 70 valence electrons. The predicted molar refractivity (Wildman–Crippen MR) is 54.9 cm³/mol. The molecule has 1 heterocycles. The quantitative estimate of drug-likeness (QED) is 0.713. The van der Waals surface area contributed by atoms with E-state index in [0.717, 1.165) is 29.2 Å². The van der Waals surface area contributed by atoms with Gasteiger partial charge in [-0.05, 0) is 24.1 Å². The third-order valence-electron chi connectivity index (χ3n) is 2.63. The molecule has 0 bridgehead atoms. The molecule has 1 saturated heterocycles. The van der Waals surface area contributed by atoms with Crippen LogP contribution in [0.2, 0.25) is 5.02 Å². The Morgan fingerprint density at radius 2 is 2.15 bits per heavy atom. The van der Waals surface area contributed by atoms with Gasteiger partial charge in [-0.3, -0.25) is 0 Å². The lowest BCUT2D eigenvalue weighted by Gasteiger charge is -2.39. The Kier molecular flexibility index (Phi) is 2.06. The molecule has 0 saturated carbocycles. The van der Waals surface area contributed by atoms with Gasteiger partial charge in [0, 0.05) is 18.1 Å². The zero-order valence-electron chi connectivity index (χ0n) is 7.60. The third kappa shape index (κ3) is 1.46. The van der Waals surface area contributed by atoms with E-state index in [-0.39, 0.29) is 5.54 Å². The van der Waals surface area contributed by atoms with Gasteiger partial charge in [0.25, 0.3) is 0 Å². The first-order valence-electron chi connectivity index (χ1n) is 4.38. The summed E-state index contributed by atoms with van der Waals surface area (Å²) in [7, 11) is 0. The smallest absolute Gasteiger partial charge is 0.0662 e. The normalized spacial score (nSPS) is 19.6. The van der Waals surface area contributed by atoms with E-state index in [2.05, 4.69) is 11.4 Å². The Labute approximate surface area is 83.1 Å². The predicted octanol–water partition coefficient (Wildman–Crippen LogP) is 1.41. The molecule has 0 atom stereocenters. The molecule has 1 aromatic rings. The Balaban J connectivity index is 2.36. The second-order valence-electron chi connectivity index (χ2n) is 3.72. The second kappa shape index (κ2) is 2.98. The van der Waals surface area contributed by atoms with E-state index in [9.17, 15) is 0 Å². The van der Waals surface area contributed by atoms with Gasteiger partial charge in [-0.2, -0.15) is 0 Å². The first kappa shape index (κ1) is 9.00. The number of benzene rings is 1. The highest BCUT2D eigenvalue weighted by molar-refractivity contribution is 6.31. The van der Waals surface area contributed by atoms with Gasteiger partial charge in [0.2, 0.25) is 0 Å². The van der Waals surface area contributed by atoms with Gasteiger partial charge >= 0.3 is 0 Å². The van der Waals surface area contributed by atoms with E-state index >= 15 is 0 Å². The summed E-state index contributed by atoms with van der Waals surface area (Å²) in [5.74, 6) is 0. The van der Waals surface area contributed by atoms with Crippen LogP contribution in [0.3, 0.4) is 0 Å². The average Bonchev–Trinajstić information content (AvgIpc) is 2.06. The van der Waals surface area contributed by atoms with Crippen molar-refractivity contribution in [3.8, 4) is 0 Å². The van der Waals surface area contributed by atoms with Gasteiger partial charge in [0.05, 0.1) is 5.54 Å². The van der Waals surface area contributed by atoms with Crippen molar-refractivity contribution in [2.24, 2.45) is 5.73 Å². The molecular formula is C10H13ClN2. The molecule has 2 rings (SSSR count). The molecule has 1 fully saturated rings. The van der Waals surface area contributed by atoms with Crippen LogP contribution in [0.5, 0.6) is 0 Å². The van der Waals surface area contributed by atoms with E-state index < -0.39 is 0 Å². The van der Waals surface area contributed by atoms with Crippen molar-refractivity contribution < 1.29 is 0 Å². The van der Waals surface area contributed by atoms with Crippen LogP contribution in [-0.4, -0.2) is 13.1 Å². The zero-order chi connectivity index (χ0) is 9.47. The largest absolute Gasteiger partial charge is 0.319 e. The van der Waals surface area contributed by atoms with Crippen LogP contribution < -0.4 is 11.1 Å². The number of nitrogens with two attached hydrogens (primary N) is 1. The molecular weight excluding hydrogens is 184 g/mol. The highest BCUT2D eigenvalue weighted by Crippen LogP contribution is 2.26. The van der Waals surface area contributed by atoms with Crippen LogP contribution in [-0.2, 0) is 5.54 Å². The van der Waals surface area contributed by atoms with Crippen LogP contribution in [0.25, 0.3) is 0 Å². The minimum atomic E-state index is -0.197. The molecule has 2 nitrogen and oxygen atoms in total. The van der Waals surface area contributed by atoms with Crippen molar-refractivity contribution in [1.82, 2.24) is 5.32 Å². The second-order valence-corrected chi connectivity index (χ2v) is 4.13. The summed E-state index contributed by atoms with van der Waals surface area (Å²) in [5, 5.41) is 3.97. The van der Waals surface area contributed by atoms with E-state index in [4.69, 9.17) is 17.3 Å². The third-order valence-corrected chi connectivity index (χ3v) is 3.03. The van der Waals surface area contributed by atoms with E-state index in [1.54, 1.807) is 0 Å². The molecule has 1 aromatic carbocycles. The lowest BCUT2D eigenvalue weighted by Crippen LogP contribution is -2.62. The molecule has 0 amide bonds. The Morgan fingerprint density at radius 3 is 2.62 bits per heavy atom. The van der Waals surface area contributed by atoms with Gasteiger partial charge in [-0.1, -0.05) is 23.7 Å². The summed E-state index contributed by atoms with van der Waals surface area (Å²) < 4.78 is 0. The summed E-state index contributed by atoms with van der Waals surface area (Å²) in [4.78, 5) is 0. The fourth-order valence-electron chi connectivity index (χ4n) is 1.50. The van der Waals surface area contributed by atoms with Crippen molar-refractivity contribution in [3.05, 3.63) is 34.3 Å². The fraction of sp³-hybridized carbons (Fsp3) is 0.400. The molecule has 0 spiro atoms. The number of halogens is 1. The van der Waals surface area contributed by atoms with E-state index in [1.807, 2.05) is 19.1 Å². The minimum Gasteiger partial charge on any atom is -0.319 e. The Morgan fingerprint density at radius 1 is 1.46 bits per heavy atom. The van der Waals surface area contributed by atoms with Crippen LogP contribution in [0.15, 0.2) is 18.2 Å². The van der Waals surface area contributed by atoms with Gasteiger partial charge in [-0.15, -0.1) is 0 Å². The maximum atomic E-state index is 6.12. The molecule has 13 heavy (non-hydrogen) atoms. The molecule has 1 aliphatic heterocycles. The highest BCUT2D eigenvalue weighted by atomic mass is 35.5. The molecule has 0 aromatic heterocycles. The highest BCUT2D eigenvalue weighted by Gasteiger charge is 2.34. The monoisotopic (exact) mass is 196 g/mol. The SMILES string of the molecule is Cc1ccc(C2(N)CNC2)cc1Cl. The van der Waals surface area contributed by atoms with E-state index in [1.165, 1.54) is 0 Å². The maximum Gasteiger partial charge on any atom is 0.0662 e. The molecule has 0 radical (unpaired) electrons. The Bertz CT molecular complexity index is 332. The summed E-state index contributed by atoms with van der Waals surface area (Å²) >= 11 is 6.02. The molecule has 3 heteroatoms. The minimum absolute atomic E-state index is 0.197. The lowest BCUT2D eigenvalue weighted by molar-refractivity contribution is 0.287. The first-order valence-corrected chi connectivity index (χ1v) is 4.76. The van der Waals surface area contributed by atoms with Crippen molar-refractivity contribution in [2.45, 2.75) is 12.5 Å². The zero-order valence-corrected chi connectivity index (χ0v) is 8.36. The molecule has 3 N–H and O–H groups in total. The summed E-state index contributed by atoms with van der Waals surface area (Å²) in [6, 6.07) is 6.05. The molecule has 1 aliphatic rings. The number of nitrogens with one attached hydrogen (secondary N) is 1. The number of rotatable bonds is 1. The summed E-state index contributed by atoms with van der Waals surface area (Å²) in [6.07, 6.45) is 0. The van der Waals surface area contributed by atoms with Crippen molar-refractivity contribution in [1.29, 1.82) is 0 Å². The van der Waals surface area contributed by atoms with E-state index in [0.29, 0.717) is 0 Å². The average molecular weight is 197 g/mol. The Hall–Kier alpha value is -0.570. The van der Waals surface area contributed by atoms with Crippen LogP contribution in [0, 0.1) is 6.92 Å². The first-order chi connectivity index (χ1) is 6.12. The van der Waals surface area contributed by atoms with Gasteiger partial charge < -0.3 is 11.1 Å². The van der Waals surface area contributed by atoms with Crippen LogP contribution in [0.4, 0.5) is 0 Å². The summed E-state index contributed by atoms with van der Waals surface area (Å²) in [6.45, 7) is 3.67. The molecule has 0 aliphatic carbocycles. The number of hydrogen-bond donors (Lipinski definition) is 2. The lowest BCUT2D eigenvalue weighted by atomic mass is 9.85. The van der Waals surface area contributed by atoms with Gasteiger partial charge in [0.15, 0.2) is 0 Å². The molecule has 0 unspecified atom stereocenters. The van der Waals surface area contributed by atoms with Crippen LogP contribution >= 0.6 is 11.6 Å². The van der Waals surface area contributed by atoms with Crippen molar-refractivity contribution in [3.63, 3.8) is 0 Å². The van der Waals surface area contributed by atoms with Crippen molar-refractivity contribution in [2.75, 3.05) is 13.1 Å². The number of aryl methyl sites for hydroxylation is 1. The number of hydrogen-bond acceptors (Lipinski definition) is 2. The van der Waals surface area contributed by atoms with Crippen molar-refractivity contribution >= 4 is 11.6 Å². The van der Waals surface area contributed by atoms with Gasteiger partial charge in [0.1, 0.15) is 0 Å². The standard InChI is InChI=1S/C10H13ClN2/c1-7-2-3-8(4-9(7)11)10(12)5-13-6-10/h2-4,13H,5-6,12H2,1H3. The van der Waals surface area contributed by atoms with Crippen LogP contribution in [0.1, 0.15) is 11.1 Å².